The molecule has 0 aliphatic rings. The minimum absolute atomic E-state index is 0.236. The maximum Gasteiger partial charge on any atom is 0.340 e. The quantitative estimate of drug-likeness (QED) is 0.532. The number of esters is 1. The molecule has 3 aromatic heterocycles. The Labute approximate surface area is 179 Å². The van der Waals surface area contributed by atoms with Gasteiger partial charge in [0.25, 0.3) is 5.91 Å². The fourth-order valence-corrected chi connectivity index (χ4v) is 3.86. The minimum atomic E-state index is -0.433. The van der Waals surface area contributed by atoms with Crippen LogP contribution in [0.15, 0.2) is 24.4 Å². The van der Waals surface area contributed by atoms with E-state index >= 15 is 0 Å². The van der Waals surface area contributed by atoms with E-state index in [1.165, 1.54) is 0 Å². The number of carbonyl (C=O) groups is 2. The van der Waals surface area contributed by atoms with Gasteiger partial charge in [-0.1, -0.05) is 6.07 Å². The molecule has 1 unspecified atom stereocenters. The highest BCUT2D eigenvalue weighted by atomic mass is 32.2. The number of nitrogens with zero attached hydrogens (tertiary/aromatic N) is 3. The van der Waals surface area contributed by atoms with Gasteiger partial charge in [0.1, 0.15) is 5.69 Å². The molecule has 8 nitrogen and oxygen atoms in total. The summed E-state index contributed by atoms with van der Waals surface area (Å²) in [6, 6.07) is 5.34. The highest BCUT2D eigenvalue weighted by molar-refractivity contribution is 7.98. The van der Waals surface area contributed by atoms with Gasteiger partial charge in [-0.2, -0.15) is 11.8 Å². The van der Waals surface area contributed by atoms with Gasteiger partial charge >= 0.3 is 5.97 Å². The SMILES string of the molecule is CSCCC(NC(=O)c1[nH]c(C)c(C(=O)OC(C)C)c1C)c1nnc2ccccn12. The predicted molar refractivity (Wildman–Crippen MR) is 117 cm³/mol. The number of amides is 1. The van der Waals surface area contributed by atoms with Crippen molar-refractivity contribution in [3.05, 3.63) is 52.7 Å². The van der Waals surface area contributed by atoms with E-state index in [-0.39, 0.29) is 18.1 Å². The molecule has 3 aromatic rings. The molecular formula is C21H27N5O3S. The highest BCUT2D eigenvalue weighted by Gasteiger charge is 2.26. The summed E-state index contributed by atoms with van der Waals surface area (Å²) in [5.41, 5.74) is 2.66. The van der Waals surface area contributed by atoms with E-state index < -0.39 is 5.97 Å². The van der Waals surface area contributed by atoms with Gasteiger partial charge in [0.15, 0.2) is 11.5 Å². The summed E-state index contributed by atoms with van der Waals surface area (Å²) in [4.78, 5) is 28.6. The van der Waals surface area contributed by atoms with E-state index in [1.54, 1.807) is 39.5 Å². The first kappa shape index (κ1) is 21.9. The van der Waals surface area contributed by atoms with Crippen molar-refractivity contribution in [3.63, 3.8) is 0 Å². The molecule has 0 bridgehead atoms. The van der Waals surface area contributed by atoms with Crippen LogP contribution in [0.2, 0.25) is 0 Å². The lowest BCUT2D eigenvalue weighted by molar-refractivity contribution is 0.0376. The van der Waals surface area contributed by atoms with Gasteiger partial charge in [-0.3, -0.25) is 9.20 Å². The summed E-state index contributed by atoms with van der Waals surface area (Å²) in [6.45, 7) is 7.10. The Morgan fingerprint density at radius 3 is 2.73 bits per heavy atom. The van der Waals surface area contributed by atoms with Crippen molar-refractivity contribution in [2.45, 2.75) is 46.3 Å². The van der Waals surface area contributed by atoms with Crippen LogP contribution in [0.3, 0.4) is 0 Å². The molecule has 0 aromatic carbocycles. The van der Waals surface area contributed by atoms with E-state index in [9.17, 15) is 9.59 Å². The first-order chi connectivity index (χ1) is 14.3. The summed E-state index contributed by atoms with van der Waals surface area (Å²) >= 11 is 1.70. The number of aromatic nitrogens is 4. The molecule has 0 spiro atoms. The van der Waals surface area contributed by atoms with Crippen LogP contribution < -0.4 is 5.32 Å². The lowest BCUT2D eigenvalue weighted by Gasteiger charge is -2.17. The van der Waals surface area contributed by atoms with E-state index in [4.69, 9.17) is 4.74 Å². The van der Waals surface area contributed by atoms with Gasteiger partial charge in [-0.25, -0.2) is 4.79 Å². The summed E-state index contributed by atoms with van der Waals surface area (Å²) in [5, 5.41) is 11.6. The zero-order valence-corrected chi connectivity index (χ0v) is 18.7. The zero-order valence-electron chi connectivity index (χ0n) is 17.9. The zero-order chi connectivity index (χ0) is 21.8. The summed E-state index contributed by atoms with van der Waals surface area (Å²) in [6.07, 6.45) is 4.36. The van der Waals surface area contributed by atoms with Crippen LogP contribution in [-0.4, -0.2) is 49.6 Å². The average molecular weight is 430 g/mol. The molecule has 2 N–H and O–H groups in total. The highest BCUT2D eigenvalue weighted by Crippen LogP contribution is 2.22. The topological polar surface area (TPSA) is 101 Å². The lowest BCUT2D eigenvalue weighted by Crippen LogP contribution is -2.31. The maximum absolute atomic E-state index is 13.1. The third-order valence-electron chi connectivity index (χ3n) is 4.78. The Balaban J connectivity index is 1.89. The van der Waals surface area contributed by atoms with Crippen LogP contribution in [0.4, 0.5) is 0 Å². The Kier molecular flexibility index (Phi) is 6.81. The van der Waals surface area contributed by atoms with Crippen molar-refractivity contribution in [2.75, 3.05) is 12.0 Å². The Hall–Kier alpha value is -2.81. The molecular weight excluding hydrogens is 402 g/mol. The molecule has 1 amide bonds. The number of hydrogen-bond acceptors (Lipinski definition) is 6. The van der Waals surface area contributed by atoms with Crippen molar-refractivity contribution in [2.24, 2.45) is 0 Å². The van der Waals surface area contributed by atoms with Crippen LogP contribution in [0, 0.1) is 13.8 Å². The van der Waals surface area contributed by atoms with Crippen LogP contribution >= 0.6 is 11.8 Å². The normalized spacial score (nSPS) is 12.3. The van der Waals surface area contributed by atoms with Crippen molar-refractivity contribution in [1.82, 2.24) is 24.9 Å². The lowest BCUT2D eigenvalue weighted by atomic mass is 10.1. The van der Waals surface area contributed by atoms with Gasteiger partial charge in [-0.15, -0.1) is 10.2 Å². The van der Waals surface area contributed by atoms with Crippen LogP contribution in [0.5, 0.6) is 0 Å². The second-order valence-corrected chi connectivity index (χ2v) is 8.36. The standard InChI is InChI=1S/C21H27N5O3S/c1-12(2)29-21(28)17-13(3)18(22-14(17)4)20(27)23-15(9-11-30-5)19-25-24-16-8-6-7-10-26(16)19/h6-8,10,12,15,22H,9,11H2,1-5H3,(H,23,27). The number of fused-ring (bicyclic) bond motifs is 1. The third kappa shape index (κ3) is 4.51. The molecule has 3 heterocycles. The first-order valence-corrected chi connectivity index (χ1v) is 11.2. The van der Waals surface area contributed by atoms with Gasteiger partial charge in [-0.05, 0) is 63.8 Å². The Morgan fingerprint density at radius 2 is 2.03 bits per heavy atom. The summed E-state index contributed by atoms with van der Waals surface area (Å²) in [5.74, 6) is 0.797. The third-order valence-corrected chi connectivity index (χ3v) is 5.42. The summed E-state index contributed by atoms with van der Waals surface area (Å²) in [7, 11) is 0. The van der Waals surface area contributed by atoms with Crippen LogP contribution in [0.25, 0.3) is 5.65 Å². The average Bonchev–Trinajstić information content (AvgIpc) is 3.25. The fourth-order valence-electron chi connectivity index (χ4n) is 3.39. The molecule has 0 aliphatic heterocycles. The summed E-state index contributed by atoms with van der Waals surface area (Å²) < 4.78 is 7.20. The fraction of sp³-hybridized carbons (Fsp3) is 0.429. The van der Waals surface area contributed by atoms with Gasteiger partial charge in [0.2, 0.25) is 0 Å². The monoisotopic (exact) mass is 429 g/mol. The van der Waals surface area contributed by atoms with E-state index in [0.717, 1.165) is 11.4 Å². The number of H-pyrrole nitrogens is 1. The number of nitrogens with one attached hydrogen (secondary N) is 2. The molecule has 0 saturated heterocycles. The molecule has 0 fully saturated rings. The molecule has 30 heavy (non-hydrogen) atoms. The first-order valence-electron chi connectivity index (χ1n) is 9.83. The largest absolute Gasteiger partial charge is 0.459 e. The van der Waals surface area contributed by atoms with Crippen molar-refractivity contribution in [1.29, 1.82) is 0 Å². The second-order valence-electron chi connectivity index (χ2n) is 7.37. The number of carbonyl (C=O) groups excluding carboxylic acids is 2. The van der Waals surface area contributed by atoms with Crippen LogP contribution in [-0.2, 0) is 4.74 Å². The van der Waals surface area contributed by atoms with Crippen LogP contribution in [0.1, 0.15) is 64.2 Å². The Bertz CT molecular complexity index is 1060. The molecule has 9 heteroatoms. The number of rotatable bonds is 8. The number of aromatic amines is 1. The van der Waals surface area contributed by atoms with Gasteiger partial charge < -0.3 is 15.0 Å². The minimum Gasteiger partial charge on any atom is -0.459 e. The smallest absolute Gasteiger partial charge is 0.340 e. The second kappa shape index (κ2) is 9.34. The Morgan fingerprint density at radius 1 is 1.27 bits per heavy atom. The number of aryl methyl sites for hydroxylation is 1. The molecule has 3 rings (SSSR count). The maximum atomic E-state index is 13.1. The van der Waals surface area contributed by atoms with Gasteiger partial charge in [0.05, 0.1) is 17.7 Å². The molecule has 0 radical (unpaired) electrons. The van der Waals surface area contributed by atoms with E-state index in [2.05, 4.69) is 20.5 Å². The molecule has 0 aliphatic carbocycles. The molecule has 160 valence electrons. The van der Waals surface area contributed by atoms with Crippen molar-refractivity contribution >= 4 is 29.3 Å². The van der Waals surface area contributed by atoms with E-state index in [1.807, 2.05) is 35.1 Å². The predicted octanol–water partition coefficient (Wildman–Crippen LogP) is 3.46. The van der Waals surface area contributed by atoms with E-state index in [0.29, 0.717) is 34.8 Å². The molecule has 0 saturated carbocycles. The molecule has 1 atom stereocenters. The number of pyridine rings is 1. The number of ether oxygens (including phenoxy) is 1. The number of thioether (sulfide) groups is 1. The van der Waals surface area contributed by atoms with Crippen molar-refractivity contribution < 1.29 is 14.3 Å². The number of hydrogen-bond donors (Lipinski definition) is 2. The van der Waals surface area contributed by atoms with Crippen molar-refractivity contribution in [3.8, 4) is 0 Å². The van der Waals surface area contributed by atoms with Gasteiger partial charge in [0, 0.05) is 11.9 Å².